The lowest BCUT2D eigenvalue weighted by Crippen LogP contribution is -2.12. The molecule has 1 aromatic carbocycles. The van der Waals surface area contributed by atoms with E-state index in [1.165, 1.54) is 0 Å². The van der Waals surface area contributed by atoms with Crippen LogP contribution in [0.1, 0.15) is 26.0 Å². The molecule has 0 atom stereocenters. The van der Waals surface area contributed by atoms with Crippen molar-refractivity contribution >= 4 is 23.0 Å². The monoisotopic (exact) mass is 359 g/mol. The lowest BCUT2D eigenvalue weighted by Gasteiger charge is -2.11. The minimum absolute atomic E-state index is 0.217. The van der Waals surface area contributed by atoms with Crippen molar-refractivity contribution < 1.29 is 4.74 Å². The third kappa shape index (κ3) is 3.27. The number of H-pyrrole nitrogens is 1. The first-order chi connectivity index (χ1) is 12.1. The summed E-state index contributed by atoms with van der Waals surface area (Å²) in [6.45, 7) is 4.50. The Labute approximate surface area is 149 Å². The van der Waals surface area contributed by atoms with Crippen molar-refractivity contribution in [1.29, 1.82) is 0 Å². The Kier molecular flexibility index (Phi) is 5.10. The second-order valence-corrected chi connectivity index (χ2v) is 6.35. The second kappa shape index (κ2) is 7.28. The average molecular weight is 359 g/mol. The van der Waals surface area contributed by atoms with E-state index in [2.05, 4.69) is 17.0 Å². The summed E-state index contributed by atoms with van der Waals surface area (Å²) < 4.78 is 7.28. The molecular weight excluding hydrogens is 338 g/mol. The largest absolute Gasteiger partial charge is 0.493 e. The minimum atomic E-state index is -0.217. The molecule has 0 fully saturated rings. The fourth-order valence-electron chi connectivity index (χ4n) is 2.83. The van der Waals surface area contributed by atoms with Gasteiger partial charge in [0.05, 0.1) is 17.9 Å². The van der Waals surface area contributed by atoms with Gasteiger partial charge in [-0.25, -0.2) is 4.98 Å². The second-order valence-electron chi connectivity index (χ2n) is 5.64. The molecule has 2 aromatic heterocycles. The van der Waals surface area contributed by atoms with Crippen molar-refractivity contribution in [2.45, 2.75) is 31.6 Å². The van der Waals surface area contributed by atoms with E-state index in [4.69, 9.17) is 14.9 Å². The van der Waals surface area contributed by atoms with E-state index in [9.17, 15) is 4.79 Å². The quantitative estimate of drug-likeness (QED) is 0.657. The van der Waals surface area contributed by atoms with E-state index in [0.717, 1.165) is 35.4 Å². The van der Waals surface area contributed by atoms with Crippen molar-refractivity contribution in [1.82, 2.24) is 19.7 Å². The van der Waals surface area contributed by atoms with E-state index in [0.29, 0.717) is 34.8 Å². The number of nitrogens with zero attached hydrogens (tertiary/aromatic N) is 3. The molecule has 0 amide bonds. The van der Waals surface area contributed by atoms with Crippen LogP contribution >= 0.6 is 11.9 Å². The number of nitrogens with two attached hydrogens (primary N) is 1. The van der Waals surface area contributed by atoms with Crippen LogP contribution in [0, 0.1) is 0 Å². The van der Waals surface area contributed by atoms with Crippen molar-refractivity contribution in [3.63, 3.8) is 0 Å². The molecule has 0 aliphatic rings. The van der Waals surface area contributed by atoms with Crippen molar-refractivity contribution in [2.75, 3.05) is 6.61 Å². The van der Waals surface area contributed by atoms with E-state index in [1.54, 1.807) is 11.7 Å². The number of fused-ring (bicyclic) bond motifs is 1. The maximum atomic E-state index is 12.6. The van der Waals surface area contributed by atoms with Crippen molar-refractivity contribution in [2.24, 2.45) is 12.2 Å². The van der Waals surface area contributed by atoms with Gasteiger partial charge in [0.25, 0.3) is 5.56 Å². The highest BCUT2D eigenvalue weighted by molar-refractivity contribution is 7.97. The summed E-state index contributed by atoms with van der Waals surface area (Å²) in [5.41, 5.74) is 2.44. The number of ether oxygens (including phenoxy) is 1. The Balaban J connectivity index is 2.25. The number of benzene rings is 1. The molecule has 3 aromatic rings. The van der Waals surface area contributed by atoms with Crippen LogP contribution in [0.25, 0.3) is 22.4 Å². The standard InChI is InChI=1S/C17H21N5O2S/c1-4-6-12-14-15(22(3)21-12)17(23)20-16(19-14)11-9-10(25-18)7-8-13(11)24-5-2/h7-9H,4-6,18H2,1-3H3,(H,19,20,23). The molecule has 0 aliphatic carbocycles. The molecule has 7 nitrogen and oxygen atoms in total. The predicted molar refractivity (Wildman–Crippen MR) is 99.8 cm³/mol. The fraction of sp³-hybridized carbons (Fsp3) is 0.353. The van der Waals surface area contributed by atoms with Crippen LogP contribution in [0.5, 0.6) is 5.75 Å². The number of rotatable bonds is 6. The van der Waals surface area contributed by atoms with Gasteiger partial charge in [0.1, 0.15) is 17.1 Å². The van der Waals surface area contributed by atoms with Crippen molar-refractivity contribution in [3.8, 4) is 17.1 Å². The highest BCUT2D eigenvalue weighted by atomic mass is 32.2. The minimum Gasteiger partial charge on any atom is -0.493 e. The number of hydrogen-bond donors (Lipinski definition) is 2. The zero-order valence-electron chi connectivity index (χ0n) is 14.5. The van der Waals surface area contributed by atoms with Gasteiger partial charge in [0.15, 0.2) is 5.52 Å². The van der Waals surface area contributed by atoms with Crippen LogP contribution < -0.4 is 15.4 Å². The molecule has 0 aliphatic heterocycles. The number of aromatic amines is 1. The molecule has 0 unspecified atom stereocenters. The first-order valence-corrected chi connectivity index (χ1v) is 9.06. The average Bonchev–Trinajstić information content (AvgIpc) is 2.92. The lowest BCUT2D eigenvalue weighted by molar-refractivity contribution is 0.341. The zero-order valence-corrected chi connectivity index (χ0v) is 15.3. The zero-order chi connectivity index (χ0) is 18.0. The number of aryl methyl sites for hydroxylation is 2. The molecule has 3 N–H and O–H groups in total. The van der Waals surface area contributed by atoms with Crippen LogP contribution in [0.15, 0.2) is 27.9 Å². The number of aromatic nitrogens is 4. The lowest BCUT2D eigenvalue weighted by atomic mass is 10.1. The van der Waals surface area contributed by atoms with Gasteiger partial charge in [-0.2, -0.15) is 5.10 Å². The van der Waals surface area contributed by atoms with Crippen LogP contribution in [0.3, 0.4) is 0 Å². The van der Waals surface area contributed by atoms with Gasteiger partial charge >= 0.3 is 0 Å². The Morgan fingerprint density at radius 3 is 2.84 bits per heavy atom. The molecule has 0 spiro atoms. The van der Waals surface area contributed by atoms with Gasteiger partial charge in [0.2, 0.25) is 0 Å². The molecule has 0 bridgehead atoms. The van der Waals surface area contributed by atoms with Crippen LogP contribution in [-0.2, 0) is 13.5 Å². The first kappa shape index (κ1) is 17.5. The van der Waals surface area contributed by atoms with Gasteiger partial charge in [0, 0.05) is 11.9 Å². The molecule has 2 heterocycles. The summed E-state index contributed by atoms with van der Waals surface area (Å²) in [4.78, 5) is 21.0. The molecule has 0 radical (unpaired) electrons. The maximum absolute atomic E-state index is 12.6. The first-order valence-electron chi connectivity index (χ1n) is 8.18. The topological polar surface area (TPSA) is 98.8 Å². The van der Waals surface area contributed by atoms with Gasteiger partial charge in [-0.05, 0) is 43.5 Å². The van der Waals surface area contributed by atoms with Crippen LogP contribution in [0.2, 0.25) is 0 Å². The van der Waals surface area contributed by atoms with E-state index in [-0.39, 0.29) is 5.56 Å². The van der Waals surface area contributed by atoms with Gasteiger partial charge < -0.3 is 9.72 Å². The van der Waals surface area contributed by atoms with E-state index >= 15 is 0 Å². The summed E-state index contributed by atoms with van der Waals surface area (Å²) in [7, 11) is 1.76. The van der Waals surface area contributed by atoms with Gasteiger partial charge in [-0.3, -0.25) is 14.6 Å². The Morgan fingerprint density at radius 1 is 1.36 bits per heavy atom. The van der Waals surface area contributed by atoms with Crippen LogP contribution in [0.4, 0.5) is 0 Å². The summed E-state index contributed by atoms with van der Waals surface area (Å²) in [5, 5.41) is 10.1. The molecule has 0 saturated carbocycles. The Bertz CT molecular complexity index is 964. The van der Waals surface area contributed by atoms with Gasteiger partial charge in [-0.1, -0.05) is 13.3 Å². The highest BCUT2D eigenvalue weighted by Gasteiger charge is 2.17. The third-order valence-corrected chi connectivity index (χ3v) is 4.42. The summed E-state index contributed by atoms with van der Waals surface area (Å²) >= 11 is 1.14. The maximum Gasteiger partial charge on any atom is 0.277 e. The summed E-state index contributed by atoms with van der Waals surface area (Å²) in [6.07, 6.45) is 1.70. The third-order valence-electron chi connectivity index (χ3n) is 3.89. The molecule has 3 rings (SSSR count). The van der Waals surface area contributed by atoms with E-state index < -0.39 is 0 Å². The number of nitrogens with one attached hydrogen (secondary N) is 1. The van der Waals surface area contributed by atoms with Gasteiger partial charge in [-0.15, -0.1) is 0 Å². The highest BCUT2D eigenvalue weighted by Crippen LogP contribution is 2.31. The molecule has 8 heteroatoms. The van der Waals surface area contributed by atoms with E-state index in [1.807, 2.05) is 25.1 Å². The SMILES string of the molecule is CCCc1nn(C)c2c(=O)[nH]c(-c3cc(SN)ccc3OCC)nc12. The molecular formula is C17H21N5O2S. The van der Waals surface area contributed by atoms with Crippen molar-refractivity contribution in [3.05, 3.63) is 34.2 Å². The smallest absolute Gasteiger partial charge is 0.277 e. The fourth-order valence-corrected chi connectivity index (χ4v) is 3.16. The summed E-state index contributed by atoms with van der Waals surface area (Å²) in [5.74, 6) is 1.12. The normalized spacial score (nSPS) is 11.2. The predicted octanol–water partition coefficient (Wildman–Crippen LogP) is 2.64. The summed E-state index contributed by atoms with van der Waals surface area (Å²) in [6, 6.07) is 5.59. The Morgan fingerprint density at radius 2 is 2.16 bits per heavy atom. The Hall–Kier alpha value is -2.32. The number of hydrogen-bond acceptors (Lipinski definition) is 6. The molecule has 0 saturated heterocycles. The van der Waals surface area contributed by atoms with Crippen LogP contribution in [-0.4, -0.2) is 26.4 Å². The molecule has 132 valence electrons. The molecule has 25 heavy (non-hydrogen) atoms.